The number of phenols is 1. The Morgan fingerprint density at radius 3 is 2.52 bits per heavy atom. The van der Waals surface area contributed by atoms with Crippen molar-refractivity contribution in [2.75, 3.05) is 33.3 Å². The fourth-order valence-corrected chi connectivity index (χ4v) is 4.50. The Morgan fingerprint density at radius 2 is 1.86 bits per heavy atom. The van der Waals surface area contributed by atoms with Crippen molar-refractivity contribution in [2.45, 2.75) is 51.6 Å². The monoisotopic (exact) mass is 396 g/mol. The zero-order chi connectivity index (χ0) is 20.9. The molecule has 0 saturated carbocycles. The van der Waals surface area contributed by atoms with Gasteiger partial charge in [-0.1, -0.05) is 45.0 Å². The van der Waals surface area contributed by atoms with Crippen LogP contribution in [0.1, 0.15) is 44.7 Å². The minimum Gasteiger partial charge on any atom is -0.508 e. The number of ether oxygens (including phenoxy) is 1. The summed E-state index contributed by atoms with van der Waals surface area (Å²) in [4.78, 5) is 5.24. The van der Waals surface area contributed by atoms with Crippen LogP contribution in [0.15, 0.2) is 48.5 Å². The van der Waals surface area contributed by atoms with Crippen molar-refractivity contribution in [3.63, 3.8) is 0 Å². The van der Waals surface area contributed by atoms with Gasteiger partial charge in [0.25, 0.3) is 0 Å². The van der Waals surface area contributed by atoms with Crippen LogP contribution in [0, 0.1) is 0 Å². The Hall–Kier alpha value is -2.04. The molecule has 0 radical (unpaired) electrons. The van der Waals surface area contributed by atoms with E-state index in [1.807, 2.05) is 24.3 Å². The van der Waals surface area contributed by atoms with Gasteiger partial charge in [0.2, 0.25) is 0 Å². The summed E-state index contributed by atoms with van der Waals surface area (Å²) in [6.45, 7) is 12.3. The first-order valence-corrected chi connectivity index (χ1v) is 10.8. The highest BCUT2D eigenvalue weighted by Gasteiger charge is 2.32. The lowest BCUT2D eigenvalue weighted by Gasteiger charge is -2.44. The van der Waals surface area contributed by atoms with Crippen molar-refractivity contribution in [3.05, 3.63) is 59.7 Å². The summed E-state index contributed by atoms with van der Waals surface area (Å²) in [6.07, 6.45) is 2.26. The van der Waals surface area contributed by atoms with E-state index in [-0.39, 0.29) is 5.41 Å². The smallest absolute Gasteiger partial charge is 0.118 e. The number of nitrogens with zero attached hydrogens (tertiary/aromatic N) is 2. The SMILES string of the molecule is CCCN1CCN(Cc2ccc(OC)cc2)CC1CC(C)(C)c1cccc(O)c1. The van der Waals surface area contributed by atoms with Gasteiger partial charge >= 0.3 is 0 Å². The molecule has 29 heavy (non-hydrogen) atoms. The lowest BCUT2D eigenvalue weighted by atomic mass is 9.78. The number of hydrogen-bond donors (Lipinski definition) is 1. The molecule has 0 bridgehead atoms. The summed E-state index contributed by atoms with van der Waals surface area (Å²) in [6, 6.07) is 16.7. The topological polar surface area (TPSA) is 35.9 Å². The predicted molar refractivity (Wildman–Crippen MR) is 120 cm³/mol. The second kappa shape index (κ2) is 9.64. The third kappa shape index (κ3) is 5.74. The van der Waals surface area contributed by atoms with Gasteiger partial charge in [-0.05, 0) is 60.2 Å². The Morgan fingerprint density at radius 1 is 1.10 bits per heavy atom. The van der Waals surface area contributed by atoms with Gasteiger partial charge in [0.1, 0.15) is 11.5 Å². The van der Waals surface area contributed by atoms with E-state index in [1.165, 1.54) is 17.5 Å². The van der Waals surface area contributed by atoms with Gasteiger partial charge in [0.15, 0.2) is 0 Å². The minimum atomic E-state index is 0.0124. The van der Waals surface area contributed by atoms with E-state index in [2.05, 4.69) is 48.8 Å². The molecule has 1 unspecified atom stereocenters. The molecule has 2 aromatic carbocycles. The predicted octanol–water partition coefficient (Wildman–Crippen LogP) is 4.66. The highest BCUT2D eigenvalue weighted by Crippen LogP contribution is 2.33. The molecule has 1 aliphatic heterocycles. The highest BCUT2D eigenvalue weighted by atomic mass is 16.5. The van der Waals surface area contributed by atoms with Crippen LogP contribution in [0.5, 0.6) is 11.5 Å². The van der Waals surface area contributed by atoms with Crippen molar-refractivity contribution in [2.24, 2.45) is 0 Å². The van der Waals surface area contributed by atoms with Crippen LogP contribution in [-0.2, 0) is 12.0 Å². The fourth-order valence-electron chi connectivity index (χ4n) is 4.50. The normalized spacial score (nSPS) is 18.7. The molecule has 0 aromatic heterocycles. The van der Waals surface area contributed by atoms with Crippen LogP contribution in [-0.4, -0.2) is 54.2 Å². The first kappa shape index (κ1) is 21.7. The molecule has 1 atom stereocenters. The average Bonchev–Trinajstić information content (AvgIpc) is 2.70. The molecule has 2 aromatic rings. The van der Waals surface area contributed by atoms with Gasteiger partial charge in [-0.2, -0.15) is 0 Å². The summed E-state index contributed by atoms with van der Waals surface area (Å²) in [5.74, 6) is 1.26. The van der Waals surface area contributed by atoms with Crippen LogP contribution in [0.25, 0.3) is 0 Å². The average molecular weight is 397 g/mol. The number of rotatable bonds is 8. The standard InChI is InChI=1S/C25H36N2O2/c1-5-13-27-15-14-26(18-20-9-11-24(29-4)12-10-20)19-22(27)17-25(2,3)21-7-6-8-23(28)16-21/h6-12,16,22,28H,5,13-15,17-19H2,1-4H3. The first-order chi connectivity index (χ1) is 13.9. The lowest BCUT2D eigenvalue weighted by molar-refractivity contribution is 0.0549. The first-order valence-electron chi connectivity index (χ1n) is 10.8. The minimum absolute atomic E-state index is 0.0124. The summed E-state index contributed by atoms with van der Waals surface area (Å²) in [5.41, 5.74) is 2.56. The number of phenolic OH excluding ortho intramolecular Hbond substituents is 1. The number of piperazine rings is 1. The molecule has 3 rings (SSSR count). The van der Waals surface area contributed by atoms with Gasteiger partial charge in [-0.3, -0.25) is 9.80 Å². The Kier molecular flexibility index (Phi) is 7.20. The van der Waals surface area contributed by atoms with Crippen LogP contribution < -0.4 is 4.74 Å². The van der Waals surface area contributed by atoms with Crippen molar-refractivity contribution >= 4 is 0 Å². The molecule has 0 aliphatic carbocycles. The molecule has 4 heteroatoms. The van der Waals surface area contributed by atoms with Crippen molar-refractivity contribution in [1.82, 2.24) is 9.80 Å². The summed E-state index contributed by atoms with van der Waals surface area (Å²) < 4.78 is 5.28. The number of benzene rings is 2. The quantitative estimate of drug-likeness (QED) is 0.704. The van der Waals surface area contributed by atoms with Gasteiger partial charge < -0.3 is 9.84 Å². The van der Waals surface area contributed by atoms with E-state index in [0.29, 0.717) is 11.8 Å². The van der Waals surface area contributed by atoms with Crippen molar-refractivity contribution in [3.8, 4) is 11.5 Å². The molecule has 1 aliphatic rings. The maximum atomic E-state index is 9.93. The van der Waals surface area contributed by atoms with Gasteiger partial charge in [0.05, 0.1) is 7.11 Å². The molecular weight excluding hydrogens is 360 g/mol. The number of methoxy groups -OCH3 is 1. The molecule has 1 heterocycles. The molecular formula is C25H36N2O2. The zero-order valence-corrected chi connectivity index (χ0v) is 18.4. The molecule has 0 amide bonds. The van der Waals surface area contributed by atoms with E-state index < -0.39 is 0 Å². The lowest BCUT2D eigenvalue weighted by Crippen LogP contribution is -2.54. The van der Waals surface area contributed by atoms with E-state index in [9.17, 15) is 5.11 Å². The third-order valence-electron chi connectivity index (χ3n) is 6.14. The van der Waals surface area contributed by atoms with Crippen molar-refractivity contribution < 1.29 is 9.84 Å². The highest BCUT2D eigenvalue weighted by molar-refractivity contribution is 5.32. The summed E-state index contributed by atoms with van der Waals surface area (Å²) in [7, 11) is 1.71. The van der Waals surface area contributed by atoms with Crippen LogP contribution in [0.4, 0.5) is 0 Å². The van der Waals surface area contributed by atoms with E-state index in [0.717, 1.165) is 44.9 Å². The maximum absolute atomic E-state index is 9.93. The Labute approximate surface area is 176 Å². The Bertz CT molecular complexity index is 773. The van der Waals surface area contributed by atoms with E-state index in [1.54, 1.807) is 13.2 Å². The van der Waals surface area contributed by atoms with Crippen LogP contribution >= 0.6 is 0 Å². The van der Waals surface area contributed by atoms with Crippen LogP contribution in [0.2, 0.25) is 0 Å². The van der Waals surface area contributed by atoms with Gasteiger partial charge in [-0.25, -0.2) is 0 Å². The number of hydrogen-bond acceptors (Lipinski definition) is 4. The third-order valence-corrected chi connectivity index (χ3v) is 6.14. The zero-order valence-electron chi connectivity index (χ0n) is 18.4. The van der Waals surface area contributed by atoms with Crippen LogP contribution in [0.3, 0.4) is 0 Å². The van der Waals surface area contributed by atoms with E-state index >= 15 is 0 Å². The van der Waals surface area contributed by atoms with Gasteiger partial charge in [-0.15, -0.1) is 0 Å². The maximum Gasteiger partial charge on any atom is 0.118 e. The molecule has 158 valence electrons. The van der Waals surface area contributed by atoms with E-state index in [4.69, 9.17) is 4.74 Å². The molecule has 1 saturated heterocycles. The Balaban J connectivity index is 1.70. The summed E-state index contributed by atoms with van der Waals surface area (Å²) >= 11 is 0. The molecule has 1 fully saturated rings. The van der Waals surface area contributed by atoms with Crippen molar-refractivity contribution in [1.29, 1.82) is 0 Å². The molecule has 1 N–H and O–H groups in total. The second-order valence-electron chi connectivity index (χ2n) is 8.91. The summed E-state index contributed by atoms with van der Waals surface area (Å²) in [5, 5.41) is 9.93. The van der Waals surface area contributed by atoms with Gasteiger partial charge in [0, 0.05) is 32.2 Å². The fraction of sp³-hybridized carbons (Fsp3) is 0.520. The molecule has 4 nitrogen and oxygen atoms in total. The number of aromatic hydroxyl groups is 1. The second-order valence-corrected chi connectivity index (χ2v) is 8.91. The largest absolute Gasteiger partial charge is 0.508 e. The molecule has 0 spiro atoms.